The van der Waals surface area contributed by atoms with Crippen molar-refractivity contribution in [1.29, 1.82) is 0 Å². The molecule has 1 heterocycles. The van der Waals surface area contributed by atoms with E-state index in [1.165, 1.54) is 97.7 Å². The molecule has 2 aliphatic carbocycles. The van der Waals surface area contributed by atoms with E-state index < -0.39 is 5.41 Å². The van der Waals surface area contributed by atoms with Crippen molar-refractivity contribution in [2.75, 3.05) is 4.90 Å². The molecule has 0 saturated heterocycles. The first kappa shape index (κ1) is 34.4. The predicted octanol–water partition coefficient (Wildman–Crippen LogP) is 16.4. The summed E-state index contributed by atoms with van der Waals surface area (Å²) < 4.78 is 2.60. The zero-order chi connectivity index (χ0) is 40.1. The van der Waals surface area contributed by atoms with E-state index in [0.29, 0.717) is 0 Å². The van der Waals surface area contributed by atoms with Gasteiger partial charge in [0.15, 0.2) is 0 Å². The Morgan fingerprint density at radius 2 is 0.820 bits per heavy atom. The van der Waals surface area contributed by atoms with Gasteiger partial charge < -0.3 is 4.90 Å². The van der Waals surface area contributed by atoms with Crippen LogP contribution in [0.4, 0.5) is 17.1 Å². The number of hydrogen-bond acceptors (Lipinski definition) is 2. The fourth-order valence-electron chi connectivity index (χ4n) is 10.7. The van der Waals surface area contributed by atoms with Crippen LogP contribution >= 0.6 is 11.3 Å². The molecule has 1 aromatic heterocycles. The van der Waals surface area contributed by atoms with Gasteiger partial charge in [0.1, 0.15) is 0 Å². The number of fused-ring (bicyclic) bond motifs is 15. The molecule has 61 heavy (non-hydrogen) atoms. The van der Waals surface area contributed by atoms with Crippen LogP contribution in [0.15, 0.2) is 224 Å². The summed E-state index contributed by atoms with van der Waals surface area (Å²) in [6.45, 7) is 0. The third kappa shape index (κ3) is 4.94. The van der Waals surface area contributed by atoms with E-state index in [-0.39, 0.29) is 0 Å². The molecule has 10 aromatic carbocycles. The molecular weight excluding hydrogens is 755 g/mol. The third-order valence-electron chi connectivity index (χ3n) is 13.3. The van der Waals surface area contributed by atoms with Crippen molar-refractivity contribution >= 4 is 59.3 Å². The maximum atomic E-state index is 2.50. The molecule has 2 aliphatic rings. The van der Waals surface area contributed by atoms with Gasteiger partial charge in [-0.15, -0.1) is 11.3 Å². The van der Waals surface area contributed by atoms with E-state index in [1.54, 1.807) is 0 Å². The topological polar surface area (TPSA) is 3.24 Å². The molecule has 13 rings (SSSR count). The van der Waals surface area contributed by atoms with Gasteiger partial charge in [0.2, 0.25) is 0 Å². The molecule has 0 unspecified atom stereocenters. The van der Waals surface area contributed by atoms with Gasteiger partial charge >= 0.3 is 0 Å². The molecule has 0 atom stereocenters. The van der Waals surface area contributed by atoms with Crippen molar-refractivity contribution in [2.45, 2.75) is 5.41 Å². The molecule has 11 aromatic rings. The summed E-state index contributed by atoms with van der Waals surface area (Å²) in [7, 11) is 0. The van der Waals surface area contributed by atoms with Crippen molar-refractivity contribution in [3.63, 3.8) is 0 Å². The molecule has 0 radical (unpaired) electrons. The molecule has 0 saturated carbocycles. The standard InChI is InChI=1S/C59H37NS/c1-3-16-38(17-4-1)40-20-15-21-41(34-40)60(43-31-33-49-52-37-51(39-18-5-2-6-19-39)44-22-7-8-26-50(44)58(52)61-57(49)36-43)42-30-32-48-47-25-11-14-29-55(47)59(56(48)35-42)53-27-12-9-23-45(53)46-24-10-13-28-54(46)59/h1-37H. The highest BCUT2D eigenvalue weighted by Crippen LogP contribution is 2.63. The second-order valence-electron chi connectivity index (χ2n) is 16.4. The highest BCUT2D eigenvalue weighted by atomic mass is 32.1. The first-order chi connectivity index (χ1) is 30.3. The average molecular weight is 792 g/mol. The maximum absolute atomic E-state index is 2.50. The lowest BCUT2D eigenvalue weighted by Gasteiger charge is -2.32. The third-order valence-corrected chi connectivity index (χ3v) is 14.5. The van der Waals surface area contributed by atoms with Crippen molar-refractivity contribution in [3.05, 3.63) is 247 Å². The van der Waals surface area contributed by atoms with Crippen molar-refractivity contribution in [3.8, 4) is 44.5 Å². The first-order valence-electron chi connectivity index (χ1n) is 21.1. The SMILES string of the molecule is c1ccc(-c2cccc(N(c3ccc4c(c3)C3(c5ccccc5-c5ccccc53)c3ccccc3-4)c3ccc4c(c3)sc3c5ccccc5c(-c5ccccc5)cc43)c2)cc1. The second-order valence-corrected chi connectivity index (χ2v) is 17.4. The van der Waals surface area contributed by atoms with Gasteiger partial charge in [-0.25, -0.2) is 0 Å². The van der Waals surface area contributed by atoms with Crippen molar-refractivity contribution in [2.24, 2.45) is 0 Å². The Morgan fingerprint density at radius 1 is 0.295 bits per heavy atom. The summed E-state index contributed by atoms with van der Waals surface area (Å²) in [5, 5.41) is 5.18. The Bertz CT molecular complexity index is 3480. The molecule has 0 amide bonds. The van der Waals surface area contributed by atoms with Crippen LogP contribution in [0.1, 0.15) is 22.3 Å². The largest absolute Gasteiger partial charge is 0.310 e. The molecule has 0 N–H and O–H groups in total. The summed E-state index contributed by atoms with van der Waals surface area (Å²) in [5.41, 5.74) is 18.5. The Hall–Kier alpha value is -7.52. The van der Waals surface area contributed by atoms with Crippen LogP contribution in [-0.4, -0.2) is 0 Å². The Labute approximate surface area is 359 Å². The second kappa shape index (κ2) is 13.2. The molecule has 1 nitrogen and oxygen atoms in total. The van der Waals surface area contributed by atoms with Crippen LogP contribution in [-0.2, 0) is 5.41 Å². The van der Waals surface area contributed by atoms with Crippen LogP contribution in [0.25, 0.3) is 75.5 Å². The summed E-state index contributed by atoms with van der Waals surface area (Å²) in [6, 6.07) is 83.4. The quantitative estimate of drug-likeness (QED) is 0.168. The van der Waals surface area contributed by atoms with Crippen molar-refractivity contribution < 1.29 is 0 Å². The van der Waals surface area contributed by atoms with Gasteiger partial charge in [-0.1, -0.05) is 182 Å². The normalized spacial score (nSPS) is 13.0. The van der Waals surface area contributed by atoms with Gasteiger partial charge in [0.25, 0.3) is 0 Å². The lowest BCUT2D eigenvalue weighted by atomic mass is 9.70. The molecule has 0 bridgehead atoms. The lowest BCUT2D eigenvalue weighted by molar-refractivity contribution is 0.793. The van der Waals surface area contributed by atoms with Gasteiger partial charge in [-0.05, 0) is 115 Å². The minimum atomic E-state index is -0.431. The fourth-order valence-corrected chi connectivity index (χ4v) is 12.0. The zero-order valence-electron chi connectivity index (χ0n) is 33.2. The summed E-state index contributed by atoms with van der Waals surface area (Å²) in [4.78, 5) is 2.48. The van der Waals surface area contributed by atoms with Crippen LogP contribution in [0.2, 0.25) is 0 Å². The number of nitrogens with zero attached hydrogens (tertiary/aromatic N) is 1. The van der Waals surface area contributed by atoms with E-state index in [2.05, 4.69) is 229 Å². The molecule has 0 aliphatic heterocycles. The zero-order valence-corrected chi connectivity index (χ0v) is 34.0. The van der Waals surface area contributed by atoms with E-state index in [4.69, 9.17) is 0 Å². The average Bonchev–Trinajstić information content (AvgIpc) is 3.96. The summed E-state index contributed by atoms with van der Waals surface area (Å²) in [6.07, 6.45) is 0. The minimum absolute atomic E-state index is 0.431. The summed E-state index contributed by atoms with van der Waals surface area (Å²) >= 11 is 1.90. The minimum Gasteiger partial charge on any atom is -0.310 e. The fraction of sp³-hybridized carbons (Fsp3) is 0.0169. The number of thiophene rings is 1. The van der Waals surface area contributed by atoms with Crippen LogP contribution in [0.5, 0.6) is 0 Å². The molecular formula is C59H37NS. The predicted molar refractivity (Wildman–Crippen MR) is 259 cm³/mol. The Morgan fingerprint density at radius 3 is 1.51 bits per heavy atom. The molecule has 2 heteroatoms. The summed E-state index contributed by atoms with van der Waals surface area (Å²) in [5.74, 6) is 0. The Kier molecular flexibility index (Phi) is 7.46. The van der Waals surface area contributed by atoms with Gasteiger partial charge in [0, 0.05) is 42.6 Å². The van der Waals surface area contributed by atoms with Crippen LogP contribution in [0.3, 0.4) is 0 Å². The monoisotopic (exact) mass is 791 g/mol. The number of anilines is 3. The highest BCUT2D eigenvalue weighted by molar-refractivity contribution is 7.26. The van der Waals surface area contributed by atoms with Gasteiger partial charge in [-0.3, -0.25) is 0 Å². The lowest BCUT2D eigenvalue weighted by Crippen LogP contribution is -2.26. The number of hydrogen-bond donors (Lipinski definition) is 0. The van der Waals surface area contributed by atoms with E-state index in [0.717, 1.165) is 17.1 Å². The first-order valence-corrected chi connectivity index (χ1v) is 21.9. The Balaban J connectivity index is 1.06. The van der Waals surface area contributed by atoms with Crippen LogP contribution < -0.4 is 4.90 Å². The van der Waals surface area contributed by atoms with Gasteiger partial charge in [-0.2, -0.15) is 0 Å². The van der Waals surface area contributed by atoms with E-state index in [9.17, 15) is 0 Å². The van der Waals surface area contributed by atoms with Crippen molar-refractivity contribution in [1.82, 2.24) is 0 Å². The molecule has 1 spiro atoms. The number of rotatable bonds is 5. The van der Waals surface area contributed by atoms with E-state index >= 15 is 0 Å². The highest BCUT2D eigenvalue weighted by Gasteiger charge is 2.51. The van der Waals surface area contributed by atoms with Crippen LogP contribution in [0, 0.1) is 0 Å². The number of benzene rings is 10. The maximum Gasteiger partial charge on any atom is 0.0726 e. The smallest absolute Gasteiger partial charge is 0.0726 e. The molecule has 284 valence electrons. The molecule has 0 fully saturated rings. The van der Waals surface area contributed by atoms with E-state index in [1.807, 2.05) is 11.3 Å². The van der Waals surface area contributed by atoms with Gasteiger partial charge in [0.05, 0.1) is 5.41 Å².